The second-order valence-electron chi connectivity index (χ2n) is 3.53. The molecular weight excluding hydrogens is 220 g/mol. The van der Waals surface area contributed by atoms with Gasteiger partial charge in [-0.05, 0) is 37.1 Å². The van der Waals surface area contributed by atoms with Gasteiger partial charge in [-0.25, -0.2) is 4.98 Å². The third kappa shape index (κ3) is 4.98. The van der Waals surface area contributed by atoms with E-state index < -0.39 is 0 Å². The molecule has 1 aromatic rings. The van der Waals surface area contributed by atoms with Gasteiger partial charge in [0.2, 0.25) is 0 Å². The number of nitrogen functional groups attached to an aromatic ring is 1. The summed E-state index contributed by atoms with van der Waals surface area (Å²) in [5.41, 5.74) is 7.60. The Kier molecular flexibility index (Phi) is 5.05. The van der Waals surface area contributed by atoms with Crippen LogP contribution in [0.5, 0.6) is 0 Å². The Morgan fingerprint density at radius 1 is 1.56 bits per heavy atom. The minimum atomic E-state index is 0.159. The molecule has 0 bridgehead atoms. The first kappa shape index (κ1) is 12.8. The van der Waals surface area contributed by atoms with Gasteiger partial charge in [0, 0.05) is 12.7 Å². The van der Waals surface area contributed by atoms with E-state index in [-0.39, 0.29) is 5.12 Å². The van der Waals surface area contributed by atoms with Gasteiger partial charge in [-0.1, -0.05) is 17.8 Å². The van der Waals surface area contributed by atoms with Crippen molar-refractivity contribution in [2.24, 2.45) is 0 Å². The van der Waals surface area contributed by atoms with Crippen molar-refractivity contribution in [3.8, 4) is 0 Å². The quantitative estimate of drug-likeness (QED) is 0.816. The molecule has 0 atom stereocenters. The number of anilines is 1. The highest BCUT2D eigenvalue weighted by Crippen LogP contribution is 2.09. The molecule has 0 aromatic carbocycles. The van der Waals surface area contributed by atoms with Gasteiger partial charge >= 0.3 is 0 Å². The zero-order valence-electron chi connectivity index (χ0n) is 9.56. The number of carbonyl (C=O) groups excluding carboxylic acids is 1. The van der Waals surface area contributed by atoms with Gasteiger partial charge < -0.3 is 5.73 Å². The molecule has 16 heavy (non-hydrogen) atoms. The largest absolute Gasteiger partial charge is 0.384 e. The second kappa shape index (κ2) is 6.33. The molecule has 0 saturated carbocycles. The molecule has 0 saturated heterocycles. The number of hydrogen-bond acceptors (Lipinski definition) is 4. The van der Waals surface area contributed by atoms with Crippen LogP contribution in [0.2, 0.25) is 0 Å². The fourth-order valence-corrected chi connectivity index (χ4v) is 1.82. The smallest absolute Gasteiger partial charge is 0.185 e. The number of aryl methyl sites for hydroxylation is 1. The summed E-state index contributed by atoms with van der Waals surface area (Å²) in [6.07, 6.45) is 4.81. The van der Waals surface area contributed by atoms with Crippen molar-refractivity contribution in [1.29, 1.82) is 0 Å². The van der Waals surface area contributed by atoms with Gasteiger partial charge in [-0.2, -0.15) is 0 Å². The number of hydrogen-bond donors (Lipinski definition) is 1. The van der Waals surface area contributed by atoms with Crippen LogP contribution in [-0.4, -0.2) is 15.9 Å². The number of aromatic nitrogens is 1. The molecule has 3 nitrogen and oxygen atoms in total. The number of rotatable bonds is 4. The van der Waals surface area contributed by atoms with Crippen LogP contribution in [0.25, 0.3) is 6.08 Å². The average Bonchev–Trinajstić information content (AvgIpc) is 2.15. The average molecular weight is 236 g/mol. The Balaban J connectivity index is 2.46. The first-order valence-electron chi connectivity index (χ1n) is 5.12. The van der Waals surface area contributed by atoms with Crippen LogP contribution < -0.4 is 5.73 Å². The van der Waals surface area contributed by atoms with E-state index in [2.05, 4.69) is 4.98 Å². The fraction of sp³-hybridized carbons (Fsp3) is 0.333. The Bertz CT molecular complexity index is 382. The van der Waals surface area contributed by atoms with E-state index in [9.17, 15) is 4.79 Å². The van der Waals surface area contributed by atoms with Gasteiger partial charge in [0.1, 0.15) is 5.82 Å². The maximum absolute atomic E-state index is 10.7. The number of carbonyl (C=O) groups is 1. The van der Waals surface area contributed by atoms with Gasteiger partial charge in [0.05, 0.1) is 5.69 Å². The van der Waals surface area contributed by atoms with E-state index in [1.54, 1.807) is 6.92 Å². The first-order chi connectivity index (χ1) is 7.58. The van der Waals surface area contributed by atoms with Gasteiger partial charge in [0.15, 0.2) is 5.12 Å². The third-order valence-electron chi connectivity index (χ3n) is 1.89. The molecule has 0 aliphatic rings. The lowest BCUT2D eigenvalue weighted by molar-refractivity contribution is -0.109. The minimum Gasteiger partial charge on any atom is -0.384 e. The molecule has 1 aromatic heterocycles. The summed E-state index contributed by atoms with van der Waals surface area (Å²) in [5, 5.41) is 0.159. The summed E-state index contributed by atoms with van der Waals surface area (Å²) < 4.78 is 0. The third-order valence-corrected chi connectivity index (χ3v) is 2.73. The Morgan fingerprint density at radius 3 is 2.94 bits per heavy atom. The molecule has 0 radical (unpaired) electrons. The van der Waals surface area contributed by atoms with Crippen LogP contribution in [0.4, 0.5) is 5.82 Å². The molecule has 86 valence electrons. The standard InChI is InChI=1S/C12H16N2OS/c1-9-7-11(14-12(13)8-9)5-3-4-6-16-10(2)15/h3,5,7-8H,4,6H2,1-2H3,(H2,13,14). The van der Waals surface area contributed by atoms with Crippen LogP contribution in [0.3, 0.4) is 0 Å². The van der Waals surface area contributed by atoms with Gasteiger partial charge in [-0.15, -0.1) is 0 Å². The van der Waals surface area contributed by atoms with Crippen molar-refractivity contribution in [1.82, 2.24) is 4.98 Å². The van der Waals surface area contributed by atoms with Crippen molar-refractivity contribution in [2.75, 3.05) is 11.5 Å². The molecule has 0 spiro atoms. The van der Waals surface area contributed by atoms with Crippen LogP contribution in [-0.2, 0) is 4.79 Å². The maximum atomic E-state index is 10.7. The first-order valence-corrected chi connectivity index (χ1v) is 6.10. The number of thioether (sulfide) groups is 1. The number of nitrogens with two attached hydrogens (primary N) is 1. The molecule has 0 aliphatic carbocycles. The molecule has 0 amide bonds. The molecule has 4 heteroatoms. The monoisotopic (exact) mass is 236 g/mol. The van der Waals surface area contributed by atoms with Crippen molar-refractivity contribution < 1.29 is 4.79 Å². The zero-order valence-corrected chi connectivity index (χ0v) is 10.4. The van der Waals surface area contributed by atoms with Crippen molar-refractivity contribution in [2.45, 2.75) is 20.3 Å². The molecule has 0 unspecified atom stereocenters. The van der Waals surface area contributed by atoms with Crippen LogP contribution in [0.15, 0.2) is 18.2 Å². The number of nitrogens with zero attached hydrogens (tertiary/aromatic N) is 1. The fourth-order valence-electron chi connectivity index (χ4n) is 1.28. The topological polar surface area (TPSA) is 56.0 Å². The summed E-state index contributed by atoms with van der Waals surface area (Å²) in [7, 11) is 0. The number of pyridine rings is 1. The molecule has 0 aliphatic heterocycles. The molecule has 2 N–H and O–H groups in total. The van der Waals surface area contributed by atoms with E-state index >= 15 is 0 Å². The Labute approximate surface area is 100 Å². The van der Waals surface area contributed by atoms with Gasteiger partial charge in [0.25, 0.3) is 0 Å². The summed E-state index contributed by atoms with van der Waals surface area (Å²) in [6.45, 7) is 3.57. The van der Waals surface area contributed by atoms with E-state index in [1.807, 2.05) is 31.2 Å². The lowest BCUT2D eigenvalue weighted by atomic mass is 10.2. The molecule has 0 fully saturated rings. The lowest BCUT2D eigenvalue weighted by Gasteiger charge is -1.98. The maximum Gasteiger partial charge on any atom is 0.185 e. The van der Waals surface area contributed by atoms with Crippen molar-refractivity contribution in [3.63, 3.8) is 0 Å². The highest BCUT2D eigenvalue weighted by atomic mass is 32.2. The molecule has 1 heterocycles. The molecule has 1 rings (SSSR count). The predicted molar refractivity (Wildman–Crippen MR) is 70.2 cm³/mol. The second-order valence-corrected chi connectivity index (χ2v) is 4.80. The van der Waals surface area contributed by atoms with E-state index in [0.717, 1.165) is 23.4 Å². The van der Waals surface area contributed by atoms with Crippen molar-refractivity contribution in [3.05, 3.63) is 29.5 Å². The van der Waals surface area contributed by atoms with Gasteiger partial charge in [-0.3, -0.25) is 4.79 Å². The highest BCUT2D eigenvalue weighted by molar-refractivity contribution is 8.13. The summed E-state index contributed by atoms with van der Waals surface area (Å²) in [4.78, 5) is 14.9. The summed E-state index contributed by atoms with van der Waals surface area (Å²) in [6, 6.07) is 3.81. The van der Waals surface area contributed by atoms with Crippen LogP contribution in [0.1, 0.15) is 24.6 Å². The summed E-state index contributed by atoms with van der Waals surface area (Å²) >= 11 is 1.34. The van der Waals surface area contributed by atoms with E-state index in [4.69, 9.17) is 5.73 Å². The van der Waals surface area contributed by atoms with Crippen LogP contribution >= 0.6 is 11.8 Å². The van der Waals surface area contributed by atoms with Crippen molar-refractivity contribution >= 4 is 28.8 Å². The SMILES string of the molecule is CC(=O)SCCC=Cc1cc(C)cc(N)n1. The lowest BCUT2D eigenvalue weighted by Crippen LogP contribution is -1.92. The molecular formula is C12H16N2OS. The number of allylic oxidation sites excluding steroid dienone is 1. The van der Waals surface area contributed by atoms with Crippen LogP contribution in [0, 0.1) is 6.92 Å². The zero-order chi connectivity index (χ0) is 12.0. The normalized spacial score (nSPS) is 10.9. The Morgan fingerprint density at radius 2 is 2.31 bits per heavy atom. The highest BCUT2D eigenvalue weighted by Gasteiger charge is 1.94. The van der Waals surface area contributed by atoms with E-state index in [0.29, 0.717) is 5.82 Å². The summed E-state index contributed by atoms with van der Waals surface area (Å²) in [5.74, 6) is 1.35. The minimum absolute atomic E-state index is 0.159. The van der Waals surface area contributed by atoms with E-state index in [1.165, 1.54) is 11.8 Å². The Hall–Kier alpha value is -1.29. The predicted octanol–water partition coefficient (Wildman–Crippen LogP) is 2.66.